The second-order valence-corrected chi connectivity index (χ2v) is 4.78. The molecule has 0 aromatic carbocycles. The standard InChI is InChI=1S/C13H19N3O.2ClH/c1-10-11(5-4-8-15-10)16-12(17)13(9-14)6-2-3-7-13;;/h4-5,8H,2-3,6-7,9,14H2,1H3,(H,16,17);2*1H. The van der Waals surface area contributed by atoms with Gasteiger partial charge in [-0.05, 0) is 31.9 Å². The zero-order chi connectivity index (χ0) is 12.3. The van der Waals surface area contributed by atoms with Crippen molar-refractivity contribution in [3.63, 3.8) is 0 Å². The number of hydrogen-bond donors (Lipinski definition) is 2. The van der Waals surface area contributed by atoms with E-state index in [4.69, 9.17) is 5.73 Å². The number of pyridine rings is 1. The Morgan fingerprint density at radius 1 is 1.42 bits per heavy atom. The predicted octanol–water partition coefficient (Wildman–Crippen LogP) is 2.69. The largest absolute Gasteiger partial charge is 0.329 e. The molecule has 19 heavy (non-hydrogen) atoms. The lowest BCUT2D eigenvalue weighted by molar-refractivity contribution is -0.124. The van der Waals surface area contributed by atoms with E-state index in [1.165, 1.54) is 0 Å². The second kappa shape index (κ2) is 7.68. The first-order chi connectivity index (χ1) is 8.18. The Kier molecular flexibility index (Phi) is 7.34. The lowest BCUT2D eigenvalue weighted by atomic mass is 9.85. The molecular formula is C13H21Cl2N3O. The van der Waals surface area contributed by atoms with Crippen LogP contribution in [0.2, 0.25) is 0 Å². The molecule has 0 radical (unpaired) electrons. The van der Waals surface area contributed by atoms with Crippen molar-refractivity contribution in [2.24, 2.45) is 11.1 Å². The zero-order valence-electron chi connectivity index (χ0n) is 11.0. The third-order valence-corrected chi connectivity index (χ3v) is 3.69. The maximum atomic E-state index is 12.3. The van der Waals surface area contributed by atoms with Crippen molar-refractivity contribution in [3.05, 3.63) is 24.0 Å². The summed E-state index contributed by atoms with van der Waals surface area (Å²) in [6, 6.07) is 3.70. The molecule has 0 bridgehead atoms. The molecule has 1 fully saturated rings. The molecule has 0 aliphatic heterocycles. The Labute approximate surface area is 126 Å². The number of amides is 1. The summed E-state index contributed by atoms with van der Waals surface area (Å²) >= 11 is 0. The second-order valence-electron chi connectivity index (χ2n) is 4.78. The van der Waals surface area contributed by atoms with Gasteiger partial charge in [0.05, 0.1) is 16.8 Å². The quantitative estimate of drug-likeness (QED) is 0.902. The van der Waals surface area contributed by atoms with Gasteiger partial charge in [-0.15, -0.1) is 24.8 Å². The smallest absolute Gasteiger partial charge is 0.231 e. The van der Waals surface area contributed by atoms with E-state index in [1.807, 2.05) is 19.1 Å². The van der Waals surface area contributed by atoms with Gasteiger partial charge in [0, 0.05) is 12.7 Å². The first-order valence-electron chi connectivity index (χ1n) is 6.11. The lowest BCUT2D eigenvalue weighted by Crippen LogP contribution is -2.40. The van der Waals surface area contributed by atoms with Crippen molar-refractivity contribution >= 4 is 36.4 Å². The molecule has 1 aliphatic rings. The minimum Gasteiger partial charge on any atom is -0.329 e. The van der Waals surface area contributed by atoms with Gasteiger partial charge in [0.25, 0.3) is 0 Å². The normalized spacial score (nSPS) is 16.1. The number of rotatable bonds is 3. The number of carbonyl (C=O) groups is 1. The summed E-state index contributed by atoms with van der Waals surface area (Å²) in [5.74, 6) is 0.0496. The average molecular weight is 306 g/mol. The van der Waals surface area contributed by atoms with Crippen LogP contribution in [0.5, 0.6) is 0 Å². The maximum absolute atomic E-state index is 12.3. The summed E-state index contributed by atoms with van der Waals surface area (Å²) in [4.78, 5) is 16.5. The topological polar surface area (TPSA) is 68.0 Å². The SMILES string of the molecule is Cc1ncccc1NC(=O)C1(CN)CCCC1.Cl.Cl. The number of hydrogen-bond acceptors (Lipinski definition) is 3. The average Bonchev–Trinajstić information content (AvgIpc) is 2.82. The number of nitrogens with two attached hydrogens (primary N) is 1. The minimum absolute atomic E-state index is 0. The highest BCUT2D eigenvalue weighted by molar-refractivity contribution is 5.96. The van der Waals surface area contributed by atoms with Gasteiger partial charge in [-0.3, -0.25) is 9.78 Å². The molecule has 1 aromatic rings. The van der Waals surface area contributed by atoms with Crippen molar-refractivity contribution in [2.45, 2.75) is 32.6 Å². The van der Waals surface area contributed by atoms with Crippen LogP contribution >= 0.6 is 24.8 Å². The Morgan fingerprint density at radius 3 is 2.58 bits per heavy atom. The molecule has 1 aromatic heterocycles. The van der Waals surface area contributed by atoms with E-state index >= 15 is 0 Å². The van der Waals surface area contributed by atoms with E-state index in [9.17, 15) is 4.79 Å². The van der Waals surface area contributed by atoms with Gasteiger partial charge in [0.15, 0.2) is 0 Å². The van der Waals surface area contributed by atoms with Crippen molar-refractivity contribution in [3.8, 4) is 0 Å². The molecule has 0 spiro atoms. The fourth-order valence-corrected chi connectivity index (χ4v) is 2.45. The van der Waals surface area contributed by atoms with Crippen molar-refractivity contribution in [1.29, 1.82) is 0 Å². The minimum atomic E-state index is -0.359. The fraction of sp³-hybridized carbons (Fsp3) is 0.538. The summed E-state index contributed by atoms with van der Waals surface area (Å²) in [5.41, 5.74) is 7.05. The number of aryl methyl sites for hydroxylation is 1. The van der Waals surface area contributed by atoms with Crippen LogP contribution in [0.1, 0.15) is 31.4 Å². The molecule has 0 saturated heterocycles. The number of aromatic nitrogens is 1. The molecule has 0 unspecified atom stereocenters. The van der Waals surface area contributed by atoms with Gasteiger partial charge < -0.3 is 11.1 Å². The van der Waals surface area contributed by atoms with Gasteiger partial charge in [-0.1, -0.05) is 12.8 Å². The van der Waals surface area contributed by atoms with Crippen LogP contribution in [-0.4, -0.2) is 17.4 Å². The van der Waals surface area contributed by atoms with Crippen LogP contribution in [0.4, 0.5) is 5.69 Å². The van der Waals surface area contributed by atoms with E-state index in [-0.39, 0.29) is 36.1 Å². The van der Waals surface area contributed by atoms with E-state index in [0.29, 0.717) is 6.54 Å². The Morgan fingerprint density at radius 2 is 2.05 bits per heavy atom. The zero-order valence-corrected chi connectivity index (χ0v) is 12.6. The molecule has 1 amide bonds. The van der Waals surface area contributed by atoms with Crippen molar-refractivity contribution < 1.29 is 4.79 Å². The first kappa shape index (κ1) is 18.2. The number of halogens is 2. The number of nitrogens with one attached hydrogen (secondary N) is 1. The maximum Gasteiger partial charge on any atom is 0.231 e. The molecule has 4 nitrogen and oxygen atoms in total. The summed E-state index contributed by atoms with van der Waals surface area (Å²) in [5, 5.41) is 2.96. The predicted molar refractivity (Wildman–Crippen MR) is 82.1 cm³/mol. The number of anilines is 1. The monoisotopic (exact) mass is 305 g/mol. The van der Waals surface area contributed by atoms with Crippen molar-refractivity contribution in [2.75, 3.05) is 11.9 Å². The van der Waals surface area contributed by atoms with Crippen LogP contribution < -0.4 is 11.1 Å². The third-order valence-electron chi connectivity index (χ3n) is 3.69. The Balaban J connectivity index is 0.00000162. The molecule has 0 atom stereocenters. The van der Waals surface area contributed by atoms with Gasteiger partial charge in [-0.25, -0.2) is 0 Å². The van der Waals surface area contributed by atoms with Gasteiger partial charge in [0.2, 0.25) is 5.91 Å². The molecule has 3 N–H and O–H groups in total. The summed E-state index contributed by atoms with van der Waals surface area (Å²) < 4.78 is 0. The van der Waals surface area contributed by atoms with Crippen LogP contribution in [0.25, 0.3) is 0 Å². The molecule has 6 heteroatoms. The highest BCUT2D eigenvalue weighted by Gasteiger charge is 2.39. The van der Waals surface area contributed by atoms with Gasteiger partial charge >= 0.3 is 0 Å². The first-order valence-corrected chi connectivity index (χ1v) is 6.11. The van der Waals surface area contributed by atoms with E-state index in [2.05, 4.69) is 10.3 Å². The molecular weight excluding hydrogens is 285 g/mol. The Bertz CT molecular complexity index is 420. The summed E-state index contributed by atoms with van der Waals surface area (Å²) in [7, 11) is 0. The molecule has 1 heterocycles. The fourth-order valence-electron chi connectivity index (χ4n) is 2.45. The van der Waals surface area contributed by atoms with E-state index in [0.717, 1.165) is 37.1 Å². The van der Waals surface area contributed by atoms with Crippen LogP contribution in [0.15, 0.2) is 18.3 Å². The summed E-state index contributed by atoms with van der Waals surface area (Å²) in [6.45, 7) is 2.32. The van der Waals surface area contributed by atoms with Crippen LogP contribution in [0, 0.1) is 12.3 Å². The van der Waals surface area contributed by atoms with E-state index < -0.39 is 0 Å². The van der Waals surface area contributed by atoms with Crippen molar-refractivity contribution in [1.82, 2.24) is 4.98 Å². The molecule has 108 valence electrons. The van der Waals surface area contributed by atoms with Crippen LogP contribution in [0.3, 0.4) is 0 Å². The molecule has 1 aliphatic carbocycles. The number of nitrogens with zero attached hydrogens (tertiary/aromatic N) is 1. The van der Waals surface area contributed by atoms with Gasteiger partial charge in [-0.2, -0.15) is 0 Å². The third kappa shape index (κ3) is 3.81. The molecule has 1 saturated carbocycles. The molecule has 2 rings (SSSR count). The van der Waals surface area contributed by atoms with E-state index in [1.54, 1.807) is 6.20 Å². The van der Waals surface area contributed by atoms with Gasteiger partial charge in [0.1, 0.15) is 0 Å². The lowest BCUT2D eigenvalue weighted by Gasteiger charge is -2.25. The highest BCUT2D eigenvalue weighted by Crippen LogP contribution is 2.38. The summed E-state index contributed by atoms with van der Waals surface area (Å²) in [6.07, 6.45) is 5.70. The number of carbonyl (C=O) groups excluding carboxylic acids is 1. The Hall–Kier alpha value is -0.840. The highest BCUT2D eigenvalue weighted by atomic mass is 35.5. The van der Waals surface area contributed by atoms with Crippen LogP contribution in [-0.2, 0) is 4.79 Å².